The molecule has 1 amide bonds. The number of methoxy groups -OCH3 is 1. The average molecular weight is 434 g/mol. The smallest absolute Gasteiger partial charge is 0.347 e. The molecule has 0 aromatic heterocycles. The van der Waals surface area contributed by atoms with E-state index in [9.17, 15) is 14.7 Å². The molecule has 2 N–H and O–H groups in total. The van der Waals surface area contributed by atoms with Gasteiger partial charge in [-0.1, -0.05) is 48.5 Å². The molecule has 166 valence electrons. The van der Waals surface area contributed by atoms with E-state index in [4.69, 9.17) is 9.47 Å². The standard InChI is InChI=1S/C26H27NO5/c1-26(2,25(29)30)32-21-14-12-20(13-15-21)19-10-8-18(9-11-19)16-17-27-24(28)22-6-4-5-7-23(22)31-3/h4-15H,16-17H2,1-3H3,(H,27,28)(H,29,30). The SMILES string of the molecule is COc1ccccc1C(=O)NCCc1ccc(-c2ccc(OC(C)(C)C(=O)O)cc2)cc1. The van der Waals surface area contributed by atoms with Crippen molar-refractivity contribution in [3.63, 3.8) is 0 Å². The van der Waals surface area contributed by atoms with Crippen LogP contribution in [0.4, 0.5) is 0 Å². The highest BCUT2D eigenvalue weighted by Crippen LogP contribution is 2.25. The maximum Gasteiger partial charge on any atom is 0.347 e. The normalized spacial score (nSPS) is 11.0. The molecule has 6 heteroatoms. The van der Waals surface area contributed by atoms with Gasteiger partial charge in [-0.05, 0) is 61.2 Å². The molecule has 3 aromatic carbocycles. The van der Waals surface area contributed by atoms with E-state index in [-0.39, 0.29) is 5.91 Å². The number of ether oxygens (including phenoxy) is 2. The fourth-order valence-corrected chi connectivity index (χ4v) is 3.17. The van der Waals surface area contributed by atoms with Gasteiger partial charge >= 0.3 is 5.97 Å². The Labute approximate surface area is 187 Å². The maximum absolute atomic E-state index is 12.4. The Bertz CT molecular complexity index is 1070. The number of aliphatic carboxylic acids is 1. The van der Waals surface area contributed by atoms with Crippen LogP contribution < -0.4 is 14.8 Å². The molecular weight excluding hydrogens is 406 g/mol. The van der Waals surface area contributed by atoms with Crippen LogP contribution in [0.15, 0.2) is 72.8 Å². The van der Waals surface area contributed by atoms with Gasteiger partial charge < -0.3 is 19.9 Å². The van der Waals surface area contributed by atoms with Gasteiger partial charge in [0, 0.05) is 6.54 Å². The van der Waals surface area contributed by atoms with Crippen molar-refractivity contribution in [1.29, 1.82) is 0 Å². The number of carboxylic acids is 1. The minimum Gasteiger partial charge on any atom is -0.496 e. The fraction of sp³-hybridized carbons (Fsp3) is 0.231. The molecule has 0 atom stereocenters. The minimum absolute atomic E-state index is 0.160. The highest BCUT2D eigenvalue weighted by Gasteiger charge is 2.29. The molecule has 32 heavy (non-hydrogen) atoms. The second kappa shape index (κ2) is 10.0. The zero-order valence-electron chi connectivity index (χ0n) is 18.4. The highest BCUT2D eigenvalue weighted by atomic mass is 16.5. The van der Waals surface area contributed by atoms with E-state index in [2.05, 4.69) is 5.32 Å². The van der Waals surface area contributed by atoms with E-state index in [1.807, 2.05) is 48.5 Å². The Kier molecular flexibility index (Phi) is 7.15. The number of carboxylic acid groups (broad SMARTS) is 1. The summed E-state index contributed by atoms with van der Waals surface area (Å²) in [5.41, 5.74) is 2.38. The summed E-state index contributed by atoms with van der Waals surface area (Å²) in [6.45, 7) is 3.54. The van der Waals surface area contributed by atoms with Crippen molar-refractivity contribution in [3.8, 4) is 22.6 Å². The van der Waals surface area contributed by atoms with Crippen molar-refractivity contribution in [2.45, 2.75) is 25.9 Å². The van der Waals surface area contributed by atoms with Crippen LogP contribution in [0.2, 0.25) is 0 Å². The van der Waals surface area contributed by atoms with Crippen LogP contribution in [-0.4, -0.2) is 36.2 Å². The summed E-state index contributed by atoms with van der Waals surface area (Å²) in [7, 11) is 1.55. The molecule has 3 aromatic rings. The summed E-state index contributed by atoms with van der Waals surface area (Å²) in [5, 5.41) is 12.1. The molecule has 3 rings (SSSR count). The lowest BCUT2D eigenvalue weighted by Gasteiger charge is -2.21. The zero-order valence-corrected chi connectivity index (χ0v) is 18.4. The van der Waals surface area contributed by atoms with Crippen molar-refractivity contribution in [1.82, 2.24) is 5.32 Å². The minimum atomic E-state index is -1.29. The van der Waals surface area contributed by atoms with Gasteiger partial charge in [-0.15, -0.1) is 0 Å². The maximum atomic E-state index is 12.4. The predicted molar refractivity (Wildman–Crippen MR) is 123 cm³/mol. The van der Waals surface area contributed by atoms with E-state index < -0.39 is 11.6 Å². The van der Waals surface area contributed by atoms with Gasteiger partial charge in [-0.2, -0.15) is 0 Å². The van der Waals surface area contributed by atoms with E-state index in [1.54, 1.807) is 31.4 Å². The van der Waals surface area contributed by atoms with Crippen LogP contribution in [0.3, 0.4) is 0 Å². The number of carbonyl (C=O) groups is 2. The second-order valence-corrected chi connectivity index (χ2v) is 7.85. The van der Waals surface area contributed by atoms with Gasteiger partial charge in [0.2, 0.25) is 0 Å². The summed E-state index contributed by atoms with van der Waals surface area (Å²) >= 11 is 0. The molecule has 0 aliphatic rings. The number of para-hydroxylation sites is 1. The number of hydrogen-bond acceptors (Lipinski definition) is 4. The van der Waals surface area contributed by atoms with Crippen LogP contribution in [0.25, 0.3) is 11.1 Å². The van der Waals surface area contributed by atoms with Crippen molar-refractivity contribution in [2.75, 3.05) is 13.7 Å². The number of benzene rings is 3. The van der Waals surface area contributed by atoms with Crippen LogP contribution in [0.1, 0.15) is 29.8 Å². The van der Waals surface area contributed by atoms with E-state index in [1.165, 1.54) is 13.8 Å². The average Bonchev–Trinajstić information content (AvgIpc) is 2.79. The van der Waals surface area contributed by atoms with Gasteiger partial charge in [0.05, 0.1) is 12.7 Å². The third-order valence-electron chi connectivity index (χ3n) is 5.08. The summed E-state index contributed by atoms with van der Waals surface area (Å²) in [6, 6.07) is 22.6. The summed E-state index contributed by atoms with van der Waals surface area (Å²) < 4.78 is 10.8. The molecule has 0 aliphatic carbocycles. The van der Waals surface area contributed by atoms with Crippen molar-refractivity contribution in [3.05, 3.63) is 83.9 Å². The predicted octanol–water partition coefficient (Wildman–Crippen LogP) is 4.58. The first-order valence-electron chi connectivity index (χ1n) is 10.3. The quantitative estimate of drug-likeness (QED) is 0.516. The van der Waals surface area contributed by atoms with E-state index in [0.717, 1.165) is 16.7 Å². The van der Waals surface area contributed by atoms with E-state index in [0.29, 0.717) is 30.0 Å². The topological polar surface area (TPSA) is 84.9 Å². The lowest BCUT2D eigenvalue weighted by atomic mass is 10.0. The Morgan fingerprint density at radius 2 is 1.50 bits per heavy atom. The van der Waals surface area contributed by atoms with Gasteiger partial charge in [0.1, 0.15) is 11.5 Å². The van der Waals surface area contributed by atoms with Crippen molar-refractivity contribution in [2.24, 2.45) is 0 Å². The van der Waals surface area contributed by atoms with Crippen molar-refractivity contribution >= 4 is 11.9 Å². The summed E-state index contributed by atoms with van der Waals surface area (Å²) in [4.78, 5) is 23.6. The largest absolute Gasteiger partial charge is 0.496 e. The molecular formula is C26H27NO5. The number of hydrogen-bond donors (Lipinski definition) is 2. The third kappa shape index (κ3) is 5.66. The second-order valence-electron chi connectivity index (χ2n) is 7.85. The molecule has 0 unspecified atom stereocenters. The molecule has 0 saturated heterocycles. The number of nitrogens with one attached hydrogen (secondary N) is 1. The molecule has 0 radical (unpaired) electrons. The van der Waals surface area contributed by atoms with Crippen LogP contribution in [-0.2, 0) is 11.2 Å². The first kappa shape index (κ1) is 22.9. The first-order chi connectivity index (χ1) is 15.3. The van der Waals surface area contributed by atoms with Gasteiger partial charge in [-0.3, -0.25) is 4.79 Å². The van der Waals surface area contributed by atoms with Crippen LogP contribution in [0, 0.1) is 0 Å². The Balaban J connectivity index is 1.56. The lowest BCUT2D eigenvalue weighted by molar-refractivity contribution is -0.152. The fourth-order valence-electron chi connectivity index (χ4n) is 3.17. The van der Waals surface area contributed by atoms with Crippen LogP contribution in [0.5, 0.6) is 11.5 Å². The van der Waals surface area contributed by atoms with Gasteiger partial charge in [0.25, 0.3) is 5.91 Å². The molecule has 0 spiro atoms. The van der Waals surface area contributed by atoms with Gasteiger partial charge in [0.15, 0.2) is 5.60 Å². The monoisotopic (exact) mass is 433 g/mol. The highest BCUT2D eigenvalue weighted by molar-refractivity contribution is 5.96. The molecule has 0 fully saturated rings. The van der Waals surface area contributed by atoms with Gasteiger partial charge in [-0.25, -0.2) is 4.79 Å². The Morgan fingerprint density at radius 1 is 0.906 bits per heavy atom. The third-order valence-corrected chi connectivity index (χ3v) is 5.08. The molecule has 0 aliphatic heterocycles. The number of carbonyl (C=O) groups excluding carboxylic acids is 1. The molecule has 0 saturated carbocycles. The summed E-state index contributed by atoms with van der Waals surface area (Å²) in [6.07, 6.45) is 0.707. The first-order valence-corrected chi connectivity index (χ1v) is 10.3. The van der Waals surface area contributed by atoms with Crippen LogP contribution >= 0.6 is 0 Å². The number of amides is 1. The Morgan fingerprint density at radius 3 is 2.09 bits per heavy atom. The number of rotatable bonds is 9. The lowest BCUT2D eigenvalue weighted by Crippen LogP contribution is -2.37. The molecule has 6 nitrogen and oxygen atoms in total. The molecule has 0 heterocycles. The van der Waals surface area contributed by atoms with Crippen molar-refractivity contribution < 1.29 is 24.2 Å². The molecule has 0 bridgehead atoms. The van der Waals surface area contributed by atoms with E-state index >= 15 is 0 Å². The Hall–Kier alpha value is -3.80. The summed E-state index contributed by atoms with van der Waals surface area (Å²) in [5.74, 6) is -0.121. The zero-order chi connectivity index (χ0) is 23.1.